The third-order valence-corrected chi connectivity index (χ3v) is 3.18. The number of pyridine rings is 1. The Morgan fingerprint density at radius 3 is 2.50 bits per heavy atom. The monoisotopic (exact) mass is 421 g/mol. The van der Waals surface area contributed by atoms with Gasteiger partial charge in [-0.1, -0.05) is 6.07 Å². The molecule has 0 spiro atoms. The Morgan fingerprint density at radius 2 is 2.00 bits per heavy atom. The topological polar surface area (TPSA) is 61.8 Å². The van der Waals surface area contributed by atoms with E-state index in [9.17, 15) is 0 Å². The SMILES string of the molecule is CCN(CC)c1ccc(CNC(=NC)NCCOC)cn1.I. The van der Waals surface area contributed by atoms with Gasteiger partial charge in [0, 0.05) is 46.5 Å². The number of anilines is 1. The Bertz CT molecular complexity index is 420. The van der Waals surface area contributed by atoms with Gasteiger partial charge in [0.1, 0.15) is 5.82 Å². The van der Waals surface area contributed by atoms with Crippen LogP contribution < -0.4 is 15.5 Å². The summed E-state index contributed by atoms with van der Waals surface area (Å²) < 4.78 is 5.00. The van der Waals surface area contributed by atoms with Gasteiger partial charge in [-0.15, -0.1) is 24.0 Å². The molecule has 0 aliphatic carbocycles. The molecule has 0 fully saturated rings. The Kier molecular flexibility index (Phi) is 11.8. The summed E-state index contributed by atoms with van der Waals surface area (Å²) in [5, 5.41) is 6.42. The second-order valence-electron chi connectivity index (χ2n) is 4.54. The molecule has 2 N–H and O–H groups in total. The molecule has 0 aliphatic rings. The van der Waals surface area contributed by atoms with E-state index in [1.165, 1.54) is 0 Å². The zero-order valence-electron chi connectivity index (χ0n) is 13.9. The van der Waals surface area contributed by atoms with Crippen LogP contribution in [-0.4, -0.2) is 51.3 Å². The van der Waals surface area contributed by atoms with E-state index >= 15 is 0 Å². The van der Waals surface area contributed by atoms with Crippen LogP contribution in [0.15, 0.2) is 23.3 Å². The van der Waals surface area contributed by atoms with Crippen LogP contribution in [0.3, 0.4) is 0 Å². The molecular formula is C15H28IN5O. The van der Waals surface area contributed by atoms with Gasteiger partial charge in [-0.2, -0.15) is 0 Å². The summed E-state index contributed by atoms with van der Waals surface area (Å²) in [5.74, 6) is 1.78. The van der Waals surface area contributed by atoms with Crippen LogP contribution >= 0.6 is 24.0 Å². The average molecular weight is 421 g/mol. The Balaban J connectivity index is 0.00000441. The normalized spacial score (nSPS) is 10.8. The van der Waals surface area contributed by atoms with Crippen LogP contribution in [0.4, 0.5) is 5.82 Å². The minimum atomic E-state index is 0. The molecule has 1 heterocycles. The lowest BCUT2D eigenvalue weighted by atomic mass is 10.2. The van der Waals surface area contributed by atoms with Gasteiger partial charge in [0.05, 0.1) is 6.61 Å². The predicted molar refractivity (Wildman–Crippen MR) is 103 cm³/mol. The van der Waals surface area contributed by atoms with Crippen molar-refractivity contribution in [3.8, 4) is 0 Å². The lowest BCUT2D eigenvalue weighted by molar-refractivity contribution is 0.203. The fourth-order valence-corrected chi connectivity index (χ4v) is 1.93. The number of nitrogens with one attached hydrogen (secondary N) is 2. The molecule has 0 unspecified atom stereocenters. The van der Waals surface area contributed by atoms with E-state index in [1.54, 1.807) is 14.2 Å². The minimum absolute atomic E-state index is 0. The van der Waals surface area contributed by atoms with Crippen molar-refractivity contribution >= 4 is 35.8 Å². The first kappa shape index (κ1) is 20.9. The fourth-order valence-electron chi connectivity index (χ4n) is 1.93. The standard InChI is InChI=1S/C15H27N5O.HI/c1-5-20(6-2)14-8-7-13(11-18-14)12-19-15(16-3)17-9-10-21-4;/h7-8,11H,5-6,9-10,12H2,1-4H3,(H2,16,17,19);1H. The summed E-state index contributed by atoms with van der Waals surface area (Å²) in [5.41, 5.74) is 1.13. The molecule has 22 heavy (non-hydrogen) atoms. The minimum Gasteiger partial charge on any atom is -0.383 e. The van der Waals surface area contributed by atoms with E-state index in [-0.39, 0.29) is 24.0 Å². The molecule has 1 aromatic heterocycles. The Labute approximate surface area is 150 Å². The van der Waals surface area contributed by atoms with E-state index in [1.807, 2.05) is 6.20 Å². The van der Waals surface area contributed by atoms with Crippen LogP contribution in [0.5, 0.6) is 0 Å². The zero-order chi connectivity index (χ0) is 15.5. The first-order valence-corrected chi connectivity index (χ1v) is 7.38. The highest BCUT2D eigenvalue weighted by atomic mass is 127. The van der Waals surface area contributed by atoms with E-state index < -0.39 is 0 Å². The van der Waals surface area contributed by atoms with Crippen molar-refractivity contribution in [1.82, 2.24) is 15.6 Å². The summed E-state index contributed by atoms with van der Waals surface area (Å²) in [4.78, 5) is 10.9. The van der Waals surface area contributed by atoms with Crippen LogP contribution in [0.25, 0.3) is 0 Å². The number of rotatable bonds is 8. The first-order valence-electron chi connectivity index (χ1n) is 7.38. The molecule has 0 saturated heterocycles. The number of methoxy groups -OCH3 is 1. The van der Waals surface area contributed by atoms with Crippen LogP contribution in [0, 0.1) is 0 Å². The van der Waals surface area contributed by atoms with Gasteiger partial charge < -0.3 is 20.3 Å². The molecule has 0 aliphatic heterocycles. The molecule has 0 amide bonds. The average Bonchev–Trinajstić information content (AvgIpc) is 2.53. The van der Waals surface area contributed by atoms with Crippen molar-refractivity contribution in [2.24, 2.45) is 4.99 Å². The second kappa shape index (κ2) is 12.5. The Hall–Kier alpha value is -1.09. The van der Waals surface area contributed by atoms with Crippen molar-refractivity contribution < 1.29 is 4.74 Å². The number of ether oxygens (including phenoxy) is 1. The molecule has 0 saturated carbocycles. The predicted octanol–water partition coefficient (Wildman–Crippen LogP) is 1.86. The number of aromatic nitrogens is 1. The van der Waals surface area contributed by atoms with E-state index in [4.69, 9.17) is 4.74 Å². The fraction of sp³-hybridized carbons (Fsp3) is 0.600. The van der Waals surface area contributed by atoms with E-state index in [0.29, 0.717) is 13.2 Å². The van der Waals surface area contributed by atoms with Gasteiger partial charge in [0.15, 0.2) is 5.96 Å². The number of halogens is 1. The van der Waals surface area contributed by atoms with E-state index in [0.717, 1.165) is 37.0 Å². The van der Waals surface area contributed by atoms with Gasteiger partial charge >= 0.3 is 0 Å². The third-order valence-electron chi connectivity index (χ3n) is 3.18. The molecule has 1 rings (SSSR count). The molecular weight excluding hydrogens is 393 g/mol. The summed E-state index contributed by atoms with van der Waals surface area (Å²) in [6.07, 6.45) is 1.91. The lowest BCUT2D eigenvalue weighted by Crippen LogP contribution is -2.38. The van der Waals surface area contributed by atoms with Crippen molar-refractivity contribution in [3.05, 3.63) is 23.9 Å². The zero-order valence-corrected chi connectivity index (χ0v) is 16.3. The molecule has 126 valence electrons. The van der Waals surface area contributed by atoms with Gasteiger partial charge in [-0.05, 0) is 25.5 Å². The molecule has 0 radical (unpaired) electrons. The van der Waals surface area contributed by atoms with Crippen molar-refractivity contribution in [3.63, 3.8) is 0 Å². The summed E-state index contributed by atoms with van der Waals surface area (Å²) in [6.45, 7) is 8.29. The first-order chi connectivity index (χ1) is 10.2. The van der Waals surface area contributed by atoms with Crippen molar-refractivity contribution in [2.45, 2.75) is 20.4 Å². The maximum Gasteiger partial charge on any atom is 0.191 e. The van der Waals surface area contributed by atoms with Crippen LogP contribution in [0.2, 0.25) is 0 Å². The van der Waals surface area contributed by atoms with Crippen molar-refractivity contribution in [1.29, 1.82) is 0 Å². The van der Waals surface area contributed by atoms with Crippen LogP contribution in [0.1, 0.15) is 19.4 Å². The maximum absolute atomic E-state index is 5.00. The smallest absolute Gasteiger partial charge is 0.191 e. The molecule has 0 atom stereocenters. The highest BCUT2D eigenvalue weighted by Crippen LogP contribution is 2.10. The lowest BCUT2D eigenvalue weighted by Gasteiger charge is -2.19. The Morgan fingerprint density at radius 1 is 1.27 bits per heavy atom. The van der Waals surface area contributed by atoms with Gasteiger partial charge in [-0.3, -0.25) is 4.99 Å². The largest absolute Gasteiger partial charge is 0.383 e. The summed E-state index contributed by atoms with van der Waals surface area (Å²) >= 11 is 0. The van der Waals surface area contributed by atoms with E-state index in [2.05, 4.69) is 51.5 Å². The molecule has 1 aromatic rings. The molecule has 6 nitrogen and oxygen atoms in total. The maximum atomic E-state index is 5.00. The molecule has 7 heteroatoms. The highest BCUT2D eigenvalue weighted by molar-refractivity contribution is 14.0. The highest BCUT2D eigenvalue weighted by Gasteiger charge is 2.03. The number of guanidine groups is 1. The quantitative estimate of drug-likeness (QED) is 0.291. The van der Waals surface area contributed by atoms with Crippen LogP contribution in [-0.2, 0) is 11.3 Å². The number of aliphatic imine (C=N–C) groups is 1. The summed E-state index contributed by atoms with van der Waals surface area (Å²) in [7, 11) is 3.44. The molecule has 0 bridgehead atoms. The number of hydrogen-bond donors (Lipinski definition) is 2. The number of hydrogen-bond acceptors (Lipinski definition) is 4. The van der Waals surface area contributed by atoms with Crippen molar-refractivity contribution in [2.75, 3.05) is 45.3 Å². The third kappa shape index (κ3) is 7.26. The summed E-state index contributed by atoms with van der Waals surface area (Å²) in [6, 6.07) is 4.15. The van der Waals surface area contributed by atoms with Gasteiger partial charge in [0.25, 0.3) is 0 Å². The second-order valence-corrected chi connectivity index (χ2v) is 4.54. The number of nitrogens with zero attached hydrogens (tertiary/aromatic N) is 3. The molecule has 0 aromatic carbocycles. The van der Waals surface area contributed by atoms with Gasteiger partial charge in [0.2, 0.25) is 0 Å². The van der Waals surface area contributed by atoms with Gasteiger partial charge in [-0.25, -0.2) is 4.98 Å².